The highest BCUT2D eigenvalue weighted by Gasteiger charge is 2.15. The smallest absolute Gasteiger partial charge is 0.319 e. The van der Waals surface area contributed by atoms with Gasteiger partial charge in [0.1, 0.15) is 6.54 Å². The van der Waals surface area contributed by atoms with Crippen molar-refractivity contribution in [1.29, 1.82) is 0 Å². The largest absolute Gasteiger partial charge is 0.368 e. The fourth-order valence-corrected chi connectivity index (χ4v) is 2.39. The molecule has 0 aliphatic rings. The summed E-state index contributed by atoms with van der Waals surface area (Å²) >= 11 is 0. The molecule has 2 rings (SSSR count). The molecule has 0 saturated carbocycles. The molecular weight excluding hydrogens is 318 g/mol. The lowest BCUT2D eigenvalue weighted by Crippen LogP contribution is -2.31. The highest BCUT2D eigenvalue weighted by Crippen LogP contribution is 2.23. The number of rotatable bonds is 5. The Morgan fingerprint density at radius 1 is 1.24 bits per heavy atom. The standard InChI is InChI=1S/C18H25N5O2/c1-12(13-5-7-14(8-6-13)18(2,3)4)21-17(25)22-15-9-20-23(10-15)11-16(19)24/h5-10,12H,11H2,1-4H3,(H2,19,24)(H2,21,22,25)/t12-/m1/s1. The topological polar surface area (TPSA) is 102 Å². The zero-order valence-corrected chi connectivity index (χ0v) is 15.0. The van der Waals surface area contributed by atoms with E-state index in [4.69, 9.17) is 5.73 Å². The number of hydrogen-bond donors (Lipinski definition) is 3. The lowest BCUT2D eigenvalue weighted by molar-refractivity contribution is -0.118. The molecule has 1 atom stereocenters. The number of hydrogen-bond acceptors (Lipinski definition) is 3. The maximum absolute atomic E-state index is 12.1. The number of nitrogens with zero attached hydrogens (tertiary/aromatic N) is 2. The summed E-state index contributed by atoms with van der Waals surface area (Å²) in [6.07, 6.45) is 3.01. The number of benzene rings is 1. The van der Waals surface area contributed by atoms with Crippen LogP contribution in [0.15, 0.2) is 36.7 Å². The van der Waals surface area contributed by atoms with Crippen LogP contribution >= 0.6 is 0 Å². The summed E-state index contributed by atoms with van der Waals surface area (Å²) in [6.45, 7) is 8.38. The Kier molecular flexibility index (Phi) is 5.46. The number of amides is 3. The van der Waals surface area contributed by atoms with Gasteiger partial charge < -0.3 is 16.4 Å². The second-order valence-electron chi connectivity index (χ2n) is 7.09. The van der Waals surface area contributed by atoms with Crippen LogP contribution in [0.1, 0.15) is 44.9 Å². The molecule has 0 aliphatic heterocycles. The Hall–Kier alpha value is -2.83. The van der Waals surface area contributed by atoms with Gasteiger partial charge in [0.25, 0.3) is 0 Å². The van der Waals surface area contributed by atoms with Crippen LogP contribution in [0.5, 0.6) is 0 Å². The van der Waals surface area contributed by atoms with Crippen LogP contribution in [-0.2, 0) is 16.8 Å². The molecule has 0 bridgehead atoms. The number of nitrogens with two attached hydrogens (primary N) is 1. The molecule has 0 fully saturated rings. The number of carbonyl (C=O) groups is 2. The summed E-state index contributed by atoms with van der Waals surface area (Å²) in [5.74, 6) is -0.494. The van der Waals surface area contributed by atoms with Gasteiger partial charge in [-0.25, -0.2) is 4.79 Å². The van der Waals surface area contributed by atoms with Crippen LogP contribution in [0.3, 0.4) is 0 Å². The monoisotopic (exact) mass is 343 g/mol. The van der Waals surface area contributed by atoms with Crippen LogP contribution < -0.4 is 16.4 Å². The van der Waals surface area contributed by atoms with E-state index in [2.05, 4.69) is 48.6 Å². The molecule has 1 aromatic carbocycles. The van der Waals surface area contributed by atoms with Crippen molar-refractivity contribution in [3.05, 3.63) is 47.8 Å². The van der Waals surface area contributed by atoms with Gasteiger partial charge in [0, 0.05) is 6.20 Å². The van der Waals surface area contributed by atoms with Crippen LogP contribution in [0, 0.1) is 0 Å². The van der Waals surface area contributed by atoms with Crippen molar-refractivity contribution in [3.8, 4) is 0 Å². The molecule has 0 aliphatic carbocycles. The van der Waals surface area contributed by atoms with Crippen molar-refractivity contribution in [2.45, 2.75) is 45.7 Å². The van der Waals surface area contributed by atoms with E-state index >= 15 is 0 Å². The number of aromatic nitrogens is 2. The van der Waals surface area contributed by atoms with E-state index in [-0.39, 0.29) is 24.0 Å². The van der Waals surface area contributed by atoms with E-state index < -0.39 is 5.91 Å². The molecule has 2 aromatic rings. The molecule has 25 heavy (non-hydrogen) atoms. The maximum atomic E-state index is 12.1. The van der Waals surface area contributed by atoms with Gasteiger partial charge in [-0.1, -0.05) is 45.0 Å². The predicted octanol–water partition coefficient (Wildman–Crippen LogP) is 2.55. The highest BCUT2D eigenvalue weighted by atomic mass is 16.2. The third-order valence-corrected chi connectivity index (χ3v) is 3.83. The summed E-state index contributed by atoms with van der Waals surface area (Å²) < 4.78 is 1.37. The predicted molar refractivity (Wildman–Crippen MR) is 97.1 cm³/mol. The molecule has 0 saturated heterocycles. The van der Waals surface area contributed by atoms with Crippen LogP contribution in [0.4, 0.5) is 10.5 Å². The average Bonchev–Trinajstić information content (AvgIpc) is 2.92. The van der Waals surface area contributed by atoms with Crippen molar-refractivity contribution in [3.63, 3.8) is 0 Å². The molecule has 4 N–H and O–H groups in total. The Labute approximate surface area is 147 Å². The minimum atomic E-state index is -0.494. The van der Waals surface area contributed by atoms with E-state index in [1.165, 1.54) is 16.4 Å². The van der Waals surface area contributed by atoms with Gasteiger partial charge in [0.2, 0.25) is 5.91 Å². The van der Waals surface area contributed by atoms with Gasteiger partial charge in [0.15, 0.2) is 0 Å². The normalized spacial score (nSPS) is 12.5. The van der Waals surface area contributed by atoms with Crippen LogP contribution in [-0.4, -0.2) is 21.7 Å². The lowest BCUT2D eigenvalue weighted by Gasteiger charge is -2.20. The molecule has 7 heteroatoms. The maximum Gasteiger partial charge on any atom is 0.319 e. The van der Waals surface area contributed by atoms with Crippen molar-refractivity contribution < 1.29 is 9.59 Å². The molecule has 7 nitrogen and oxygen atoms in total. The zero-order valence-electron chi connectivity index (χ0n) is 15.0. The summed E-state index contributed by atoms with van der Waals surface area (Å²) in [7, 11) is 0. The molecule has 0 unspecified atom stereocenters. The highest BCUT2D eigenvalue weighted by molar-refractivity contribution is 5.89. The Morgan fingerprint density at radius 2 is 1.88 bits per heavy atom. The summed E-state index contributed by atoms with van der Waals surface area (Å²) in [5.41, 5.74) is 7.96. The second-order valence-corrected chi connectivity index (χ2v) is 7.09. The van der Waals surface area contributed by atoms with E-state index in [0.29, 0.717) is 5.69 Å². The first-order valence-electron chi connectivity index (χ1n) is 8.14. The first kappa shape index (κ1) is 18.5. The molecule has 0 radical (unpaired) electrons. The van der Waals surface area contributed by atoms with E-state index in [1.54, 1.807) is 6.20 Å². The molecule has 134 valence electrons. The fraction of sp³-hybridized carbons (Fsp3) is 0.389. The SMILES string of the molecule is C[C@@H](NC(=O)Nc1cnn(CC(N)=O)c1)c1ccc(C(C)(C)C)cc1. The minimum absolute atomic E-state index is 0.0279. The fourth-order valence-electron chi connectivity index (χ4n) is 2.39. The first-order valence-corrected chi connectivity index (χ1v) is 8.14. The number of carbonyl (C=O) groups excluding carboxylic acids is 2. The van der Waals surface area contributed by atoms with E-state index in [0.717, 1.165) is 5.56 Å². The van der Waals surface area contributed by atoms with Gasteiger partial charge in [-0.3, -0.25) is 9.48 Å². The van der Waals surface area contributed by atoms with Crippen molar-refractivity contribution in [2.75, 3.05) is 5.32 Å². The van der Waals surface area contributed by atoms with Crippen molar-refractivity contribution in [1.82, 2.24) is 15.1 Å². The quantitative estimate of drug-likeness (QED) is 0.777. The van der Waals surface area contributed by atoms with Gasteiger partial charge in [-0.2, -0.15) is 5.10 Å². The average molecular weight is 343 g/mol. The van der Waals surface area contributed by atoms with Crippen LogP contribution in [0.2, 0.25) is 0 Å². The Morgan fingerprint density at radius 3 is 2.44 bits per heavy atom. The van der Waals surface area contributed by atoms with Crippen LogP contribution in [0.25, 0.3) is 0 Å². The first-order chi connectivity index (χ1) is 11.6. The third-order valence-electron chi connectivity index (χ3n) is 3.83. The molecular formula is C18H25N5O2. The van der Waals surface area contributed by atoms with Crippen molar-refractivity contribution >= 4 is 17.6 Å². The van der Waals surface area contributed by atoms with E-state index in [1.807, 2.05) is 19.1 Å². The summed E-state index contributed by atoms with van der Waals surface area (Å²) in [5, 5.41) is 9.51. The second kappa shape index (κ2) is 7.38. The lowest BCUT2D eigenvalue weighted by atomic mass is 9.86. The third kappa shape index (κ3) is 5.34. The number of anilines is 1. The summed E-state index contributed by atoms with van der Waals surface area (Å²) in [6, 6.07) is 7.73. The van der Waals surface area contributed by atoms with Gasteiger partial charge >= 0.3 is 6.03 Å². The summed E-state index contributed by atoms with van der Waals surface area (Å²) in [4.78, 5) is 23.0. The number of primary amides is 1. The number of nitrogens with one attached hydrogen (secondary N) is 2. The van der Waals surface area contributed by atoms with E-state index in [9.17, 15) is 9.59 Å². The minimum Gasteiger partial charge on any atom is -0.368 e. The zero-order chi connectivity index (χ0) is 18.6. The molecule has 1 aromatic heterocycles. The number of urea groups is 1. The Balaban J connectivity index is 1.93. The van der Waals surface area contributed by atoms with Gasteiger partial charge in [0.05, 0.1) is 17.9 Å². The van der Waals surface area contributed by atoms with Crippen molar-refractivity contribution in [2.24, 2.45) is 5.73 Å². The van der Waals surface area contributed by atoms with Gasteiger partial charge in [-0.15, -0.1) is 0 Å². The van der Waals surface area contributed by atoms with Gasteiger partial charge in [-0.05, 0) is 23.5 Å². The molecule has 1 heterocycles. The Bertz CT molecular complexity index is 744. The molecule has 3 amide bonds. The molecule has 0 spiro atoms.